The number of carbonyl (C=O) groups is 2. The lowest BCUT2D eigenvalue weighted by molar-refractivity contribution is -0.116. The average Bonchev–Trinajstić information content (AvgIpc) is 2.86. The van der Waals surface area contributed by atoms with Crippen LogP contribution >= 0.6 is 0 Å². The summed E-state index contributed by atoms with van der Waals surface area (Å²) in [7, 11) is 6.14. The number of hydrogen-bond acceptors (Lipinski definition) is 6. The molecule has 0 spiro atoms. The van der Waals surface area contributed by atoms with Crippen molar-refractivity contribution in [2.45, 2.75) is 70.9 Å². The van der Waals surface area contributed by atoms with Crippen LogP contribution in [0.3, 0.4) is 0 Å². The maximum atomic E-state index is 13.6. The number of likely N-dealkylation sites (N-methyl/N-ethyl adjacent to an activating group) is 1. The number of carbonyl (C=O) groups excluding carboxylic acids is 2. The Bertz CT molecular complexity index is 887. The Labute approximate surface area is 223 Å². The number of aliphatic hydroxyl groups is 1. The second-order valence-electron chi connectivity index (χ2n) is 11.5. The summed E-state index contributed by atoms with van der Waals surface area (Å²) < 4.78 is 6.52. The van der Waals surface area contributed by atoms with Crippen LogP contribution in [0.1, 0.15) is 69.2 Å². The van der Waals surface area contributed by atoms with E-state index in [1.54, 1.807) is 17.0 Å². The van der Waals surface area contributed by atoms with Gasteiger partial charge in [0.1, 0.15) is 11.9 Å². The van der Waals surface area contributed by atoms with Crippen LogP contribution in [-0.2, 0) is 4.79 Å². The minimum absolute atomic E-state index is 0.0718. The topological polar surface area (TPSA) is 85.3 Å². The fourth-order valence-electron chi connectivity index (χ4n) is 5.49. The minimum Gasteiger partial charge on any atom is -0.488 e. The molecule has 8 heteroatoms. The molecule has 0 bridgehead atoms. The van der Waals surface area contributed by atoms with Crippen molar-refractivity contribution in [1.82, 2.24) is 14.7 Å². The number of ether oxygens (including phenoxy) is 1. The van der Waals surface area contributed by atoms with Crippen LogP contribution in [0, 0.1) is 11.8 Å². The summed E-state index contributed by atoms with van der Waals surface area (Å²) in [6, 6.07) is 5.02. The molecule has 1 aliphatic heterocycles. The van der Waals surface area contributed by atoms with Gasteiger partial charge in [0.05, 0.1) is 18.2 Å². The zero-order chi connectivity index (χ0) is 26.9. The highest BCUT2D eigenvalue weighted by atomic mass is 16.5. The predicted octanol–water partition coefficient (Wildman–Crippen LogP) is 3.70. The van der Waals surface area contributed by atoms with E-state index in [2.05, 4.69) is 29.1 Å². The second-order valence-corrected chi connectivity index (χ2v) is 11.5. The van der Waals surface area contributed by atoms with E-state index in [-0.39, 0.29) is 36.5 Å². The molecule has 2 N–H and O–H groups in total. The SMILES string of the molecule is C[C@@H]1CN([C@H](C)CO)C(=O)c2cc(NC(=O)CCCN(C)C)ccc2O[C@@H]1CN(C)CC1CCCCC1. The lowest BCUT2D eigenvalue weighted by Gasteiger charge is -2.38. The smallest absolute Gasteiger partial charge is 0.258 e. The minimum atomic E-state index is -0.314. The zero-order valence-corrected chi connectivity index (χ0v) is 23.5. The van der Waals surface area contributed by atoms with E-state index in [1.165, 1.54) is 32.1 Å². The first-order chi connectivity index (χ1) is 17.7. The van der Waals surface area contributed by atoms with Crippen LogP contribution in [-0.4, -0.2) is 97.7 Å². The maximum absolute atomic E-state index is 13.6. The summed E-state index contributed by atoms with van der Waals surface area (Å²) in [6.07, 6.45) is 7.69. The van der Waals surface area contributed by atoms with E-state index in [0.29, 0.717) is 30.0 Å². The highest BCUT2D eigenvalue weighted by molar-refractivity contribution is 5.99. The molecule has 1 aliphatic carbocycles. The van der Waals surface area contributed by atoms with Gasteiger partial charge in [-0.1, -0.05) is 26.2 Å². The van der Waals surface area contributed by atoms with Gasteiger partial charge >= 0.3 is 0 Å². The normalized spacial score (nSPS) is 21.8. The summed E-state index contributed by atoms with van der Waals surface area (Å²) in [5, 5.41) is 12.8. The van der Waals surface area contributed by atoms with Gasteiger partial charge in [-0.15, -0.1) is 0 Å². The summed E-state index contributed by atoms with van der Waals surface area (Å²) in [4.78, 5) is 32.3. The Kier molecular flexibility index (Phi) is 11.2. The van der Waals surface area contributed by atoms with Crippen molar-refractivity contribution in [2.24, 2.45) is 11.8 Å². The van der Waals surface area contributed by atoms with Crippen LogP contribution in [0.15, 0.2) is 18.2 Å². The molecule has 1 fully saturated rings. The van der Waals surface area contributed by atoms with Crippen molar-refractivity contribution >= 4 is 17.5 Å². The van der Waals surface area contributed by atoms with Crippen LogP contribution in [0.25, 0.3) is 0 Å². The second kappa shape index (κ2) is 14.1. The van der Waals surface area contributed by atoms with Gasteiger partial charge in [0, 0.05) is 37.7 Å². The summed E-state index contributed by atoms with van der Waals surface area (Å²) >= 11 is 0. The number of hydrogen-bond donors (Lipinski definition) is 2. The summed E-state index contributed by atoms with van der Waals surface area (Å²) in [6.45, 7) is 7.06. The molecule has 8 nitrogen and oxygen atoms in total. The summed E-state index contributed by atoms with van der Waals surface area (Å²) in [5.41, 5.74) is 1.01. The van der Waals surface area contributed by atoms with Gasteiger partial charge in [0.15, 0.2) is 0 Å². The number of benzene rings is 1. The quantitative estimate of drug-likeness (QED) is 0.467. The molecular weight excluding hydrogens is 468 g/mol. The Morgan fingerprint density at radius 1 is 1.19 bits per heavy atom. The lowest BCUT2D eigenvalue weighted by Crippen LogP contribution is -2.50. The molecule has 1 aromatic carbocycles. The van der Waals surface area contributed by atoms with Crippen molar-refractivity contribution in [1.29, 1.82) is 0 Å². The van der Waals surface area contributed by atoms with Gasteiger partial charge < -0.3 is 29.9 Å². The number of anilines is 1. The zero-order valence-electron chi connectivity index (χ0n) is 23.5. The van der Waals surface area contributed by atoms with Crippen LogP contribution < -0.4 is 10.1 Å². The lowest BCUT2D eigenvalue weighted by atomic mass is 9.89. The van der Waals surface area contributed by atoms with Crippen LogP contribution in [0.4, 0.5) is 5.69 Å². The van der Waals surface area contributed by atoms with Crippen molar-refractivity contribution in [3.63, 3.8) is 0 Å². The number of rotatable bonds is 11. The van der Waals surface area contributed by atoms with E-state index >= 15 is 0 Å². The van der Waals surface area contributed by atoms with E-state index in [4.69, 9.17) is 4.74 Å². The molecule has 0 radical (unpaired) electrons. The van der Waals surface area contributed by atoms with Crippen LogP contribution in [0.2, 0.25) is 0 Å². The fourth-order valence-corrected chi connectivity index (χ4v) is 5.49. The third-order valence-electron chi connectivity index (χ3n) is 7.74. The number of aliphatic hydroxyl groups excluding tert-OH is 1. The van der Waals surface area contributed by atoms with E-state index < -0.39 is 0 Å². The Balaban J connectivity index is 1.78. The highest BCUT2D eigenvalue weighted by Gasteiger charge is 2.34. The number of amides is 2. The Morgan fingerprint density at radius 2 is 1.92 bits per heavy atom. The van der Waals surface area contributed by atoms with Crippen LogP contribution in [0.5, 0.6) is 5.75 Å². The van der Waals surface area contributed by atoms with Crippen molar-refractivity contribution < 1.29 is 19.4 Å². The average molecular weight is 517 g/mol. The molecule has 0 saturated heterocycles. The third-order valence-corrected chi connectivity index (χ3v) is 7.74. The molecule has 208 valence electrons. The molecule has 37 heavy (non-hydrogen) atoms. The van der Waals surface area contributed by atoms with Crippen molar-refractivity contribution in [3.8, 4) is 5.75 Å². The maximum Gasteiger partial charge on any atom is 0.258 e. The molecule has 1 aromatic rings. The van der Waals surface area contributed by atoms with Gasteiger partial charge in [0.2, 0.25) is 5.91 Å². The number of fused-ring (bicyclic) bond motifs is 1. The molecule has 1 heterocycles. The molecular formula is C29H48N4O4. The third kappa shape index (κ3) is 8.69. The first kappa shape index (κ1) is 29.4. The number of nitrogens with zero attached hydrogens (tertiary/aromatic N) is 3. The molecule has 2 amide bonds. The number of nitrogens with one attached hydrogen (secondary N) is 1. The van der Waals surface area contributed by atoms with Crippen molar-refractivity contribution in [3.05, 3.63) is 23.8 Å². The standard InChI is InChI=1S/C29H48N4O4/c1-21-17-33(22(2)20-34)29(36)25-16-24(30-28(35)12-9-15-31(3)4)13-14-26(25)37-27(21)19-32(5)18-23-10-7-6-8-11-23/h13-14,16,21-23,27,34H,6-12,15,17-20H2,1-5H3,(H,30,35)/t21-,22-,27-/m1/s1. The van der Waals surface area contributed by atoms with E-state index in [9.17, 15) is 14.7 Å². The molecule has 2 aliphatic rings. The van der Waals surface area contributed by atoms with Gasteiger partial charge in [-0.25, -0.2) is 0 Å². The predicted molar refractivity (Wildman–Crippen MR) is 148 cm³/mol. The van der Waals surface area contributed by atoms with E-state index in [0.717, 1.165) is 32.0 Å². The highest BCUT2D eigenvalue weighted by Crippen LogP contribution is 2.31. The fraction of sp³-hybridized carbons (Fsp3) is 0.724. The first-order valence-electron chi connectivity index (χ1n) is 14.0. The monoisotopic (exact) mass is 516 g/mol. The molecule has 0 unspecified atom stereocenters. The molecule has 3 rings (SSSR count). The van der Waals surface area contributed by atoms with Gasteiger partial charge in [-0.05, 0) is 78.0 Å². The Hall–Kier alpha value is -2.16. The Morgan fingerprint density at radius 3 is 2.59 bits per heavy atom. The molecule has 1 saturated carbocycles. The van der Waals surface area contributed by atoms with E-state index in [1.807, 2.05) is 27.1 Å². The first-order valence-corrected chi connectivity index (χ1v) is 14.0. The molecule has 0 aromatic heterocycles. The van der Waals surface area contributed by atoms with Gasteiger partial charge in [-0.2, -0.15) is 0 Å². The largest absolute Gasteiger partial charge is 0.488 e. The van der Waals surface area contributed by atoms with Crippen molar-refractivity contribution in [2.75, 3.05) is 59.2 Å². The van der Waals surface area contributed by atoms with Gasteiger partial charge in [-0.3, -0.25) is 9.59 Å². The molecule has 3 atom stereocenters. The van der Waals surface area contributed by atoms with Gasteiger partial charge in [0.25, 0.3) is 5.91 Å². The summed E-state index contributed by atoms with van der Waals surface area (Å²) in [5.74, 6) is 1.12.